The second kappa shape index (κ2) is 8.95. The van der Waals surface area contributed by atoms with E-state index < -0.39 is 0 Å². The molecule has 7 nitrogen and oxygen atoms in total. The van der Waals surface area contributed by atoms with Gasteiger partial charge in [0.15, 0.2) is 6.61 Å². The Kier molecular flexibility index (Phi) is 6.40. The molecule has 1 aliphatic heterocycles. The van der Waals surface area contributed by atoms with Crippen LogP contribution in [0.1, 0.15) is 31.7 Å². The standard InChI is InChI=1S/C18H24N4O3S/c1-3-13(2)14-4-6-15(7-5-14)19-16(23)12-25-18-17(20-26-21-18)22-8-10-24-11-9-22/h4-7,13H,3,8-12H2,1-2H3,(H,19,23). The van der Waals surface area contributed by atoms with Crippen LogP contribution in [-0.2, 0) is 9.53 Å². The summed E-state index contributed by atoms with van der Waals surface area (Å²) in [7, 11) is 0. The highest BCUT2D eigenvalue weighted by Gasteiger charge is 2.20. The quantitative estimate of drug-likeness (QED) is 0.801. The molecule has 0 radical (unpaired) electrons. The Morgan fingerprint density at radius 3 is 2.73 bits per heavy atom. The van der Waals surface area contributed by atoms with Gasteiger partial charge in [0.1, 0.15) is 0 Å². The van der Waals surface area contributed by atoms with Crippen LogP contribution in [0, 0.1) is 0 Å². The van der Waals surface area contributed by atoms with Crippen molar-refractivity contribution in [1.29, 1.82) is 0 Å². The summed E-state index contributed by atoms with van der Waals surface area (Å²) in [6.07, 6.45) is 1.09. The summed E-state index contributed by atoms with van der Waals surface area (Å²) in [5.74, 6) is 1.38. The predicted octanol–water partition coefficient (Wildman–Crippen LogP) is 2.91. The molecule has 26 heavy (non-hydrogen) atoms. The zero-order valence-electron chi connectivity index (χ0n) is 15.1. The van der Waals surface area contributed by atoms with E-state index in [1.165, 1.54) is 5.56 Å². The summed E-state index contributed by atoms with van der Waals surface area (Å²) in [4.78, 5) is 14.2. The van der Waals surface area contributed by atoms with Crippen molar-refractivity contribution >= 4 is 29.1 Å². The monoisotopic (exact) mass is 376 g/mol. The van der Waals surface area contributed by atoms with Gasteiger partial charge >= 0.3 is 0 Å². The molecule has 2 aromatic rings. The van der Waals surface area contributed by atoms with Gasteiger partial charge in [0.2, 0.25) is 5.82 Å². The summed E-state index contributed by atoms with van der Waals surface area (Å²) in [6, 6.07) is 7.93. The highest BCUT2D eigenvalue weighted by molar-refractivity contribution is 6.99. The summed E-state index contributed by atoms with van der Waals surface area (Å²) in [5, 5.41) is 2.85. The zero-order valence-corrected chi connectivity index (χ0v) is 15.9. The number of aromatic nitrogens is 2. The van der Waals surface area contributed by atoms with Crippen LogP contribution in [0.2, 0.25) is 0 Å². The Morgan fingerprint density at radius 1 is 1.31 bits per heavy atom. The van der Waals surface area contributed by atoms with Crippen molar-refractivity contribution < 1.29 is 14.3 Å². The van der Waals surface area contributed by atoms with Crippen LogP contribution >= 0.6 is 11.7 Å². The molecule has 1 atom stereocenters. The van der Waals surface area contributed by atoms with Crippen molar-refractivity contribution in [3.05, 3.63) is 29.8 Å². The molecule has 0 saturated carbocycles. The number of carbonyl (C=O) groups excluding carboxylic acids is 1. The normalized spacial score (nSPS) is 15.5. The smallest absolute Gasteiger partial charge is 0.271 e. The lowest BCUT2D eigenvalue weighted by Crippen LogP contribution is -2.36. The number of rotatable bonds is 7. The molecule has 1 aromatic carbocycles. The summed E-state index contributed by atoms with van der Waals surface area (Å²) < 4.78 is 19.4. The van der Waals surface area contributed by atoms with Crippen LogP contribution in [-0.4, -0.2) is 47.6 Å². The van der Waals surface area contributed by atoms with Crippen molar-refractivity contribution in [2.45, 2.75) is 26.2 Å². The number of benzene rings is 1. The molecular weight excluding hydrogens is 352 g/mol. The van der Waals surface area contributed by atoms with Gasteiger partial charge < -0.3 is 19.7 Å². The Bertz CT molecular complexity index is 713. The second-order valence-electron chi connectivity index (χ2n) is 6.26. The van der Waals surface area contributed by atoms with E-state index in [0.29, 0.717) is 30.8 Å². The molecule has 1 amide bonds. The van der Waals surface area contributed by atoms with Crippen LogP contribution in [0.3, 0.4) is 0 Å². The van der Waals surface area contributed by atoms with Crippen molar-refractivity contribution in [3.8, 4) is 5.88 Å². The minimum atomic E-state index is -0.220. The summed E-state index contributed by atoms with van der Waals surface area (Å²) in [6.45, 7) is 7.06. The molecule has 8 heteroatoms. The fourth-order valence-electron chi connectivity index (χ4n) is 2.70. The van der Waals surface area contributed by atoms with Crippen LogP contribution in [0.5, 0.6) is 5.88 Å². The number of morpholine rings is 1. The number of carbonyl (C=O) groups is 1. The molecule has 1 unspecified atom stereocenters. The van der Waals surface area contributed by atoms with Crippen molar-refractivity contribution in [3.63, 3.8) is 0 Å². The number of nitrogens with zero attached hydrogens (tertiary/aromatic N) is 3. The van der Waals surface area contributed by atoms with E-state index >= 15 is 0 Å². The van der Waals surface area contributed by atoms with E-state index in [0.717, 1.165) is 36.9 Å². The molecule has 140 valence electrons. The lowest BCUT2D eigenvalue weighted by atomic mass is 9.99. The van der Waals surface area contributed by atoms with Crippen molar-refractivity contribution in [1.82, 2.24) is 8.75 Å². The van der Waals surface area contributed by atoms with Gasteiger partial charge in [-0.1, -0.05) is 26.0 Å². The van der Waals surface area contributed by atoms with E-state index in [1.54, 1.807) is 0 Å². The third kappa shape index (κ3) is 4.70. The van der Waals surface area contributed by atoms with Gasteiger partial charge in [-0.25, -0.2) is 0 Å². The molecule has 1 saturated heterocycles. The van der Waals surface area contributed by atoms with Crippen molar-refractivity contribution in [2.75, 3.05) is 43.1 Å². The zero-order chi connectivity index (χ0) is 18.4. The number of amides is 1. The molecule has 1 N–H and O–H groups in total. The third-order valence-electron chi connectivity index (χ3n) is 4.47. The van der Waals surface area contributed by atoms with E-state index in [2.05, 4.69) is 32.8 Å². The Morgan fingerprint density at radius 2 is 2.04 bits per heavy atom. The van der Waals surface area contributed by atoms with E-state index in [1.807, 2.05) is 24.3 Å². The van der Waals surface area contributed by atoms with E-state index in [-0.39, 0.29) is 12.5 Å². The number of anilines is 2. The Hall–Kier alpha value is -2.19. The minimum Gasteiger partial charge on any atom is -0.464 e. The van der Waals surface area contributed by atoms with Gasteiger partial charge in [-0.3, -0.25) is 4.79 Å². The lowest BCUT2D eigenvalue weighted by Gasteiger charge is -2.26. The third-order valence-corrected chi connectivity index (χ3v) is 4.97. The van der Waals surface area contributed by atoms with Crippen LogP contribution < -0.4 is 15.0 Å². The fourth-order valence-corrected chi connectivity index (χ4v) is 3.22. The number of hydrogen-bond donors (Lipinski definition) is 1. The van der Waals surface area contributed by atoms with Crippen molar-refractivity contribution in [2.24, 2.45) is 0 Å². The highest BCUT2D eigenvalue weighted by Crippen LogP contribution is 2.26. The maximum absolute atomic E-state index is 12.2. The number of ether oxygens (including phenoxy) is 2. The molecule has 1 aliphatic rings. The fraction of sp³-hybridized carbons (Fsp3) is 0.500. The molecule has 3 rings (SSSR count). The van der Waals surface area contributed by atoms with E-state index in [4.69, 9.17) is 9.47 Å². The average molecular weight is 376 g/mol. The number of nitrogens with one attached hydrogen (secondary N) is 1. The summed E-state index contributed by atoms with van der Waals surface area (Å²) in [5.41, 5.74) is 2.03. The maximum Gasteiger partial charge on any atom is 0.271 e. The van der Waals surface area contributed by atoms with Crippen LogP contribution in [0.4, 0.5) is 11.5 Å². The molecule has 0 bridgehead atoms. The molecule has 0 spiro atoms. The predicted molar refractivity (Wildman–Crippen MR) is 102 cm³/mol. The first kappa shape index (κ1) is 18.6. The highest BCUT2D eigenvalue weighted by atomic mass is 32.1. The van der Waals surface area contributed by atoms with Crippen LogP contribution in [0.25, 0.3) is 0 Å². The number of hydrogen-bond acceptors (Lipinski definition) is 7. The first-order chi connectivity index (χ1) is 12.7. The molecule has 0 aliphatic carbocycles. The van der Waals surface area contributed by atoms with Gasteiger partial charge in [-0.15, -0.1) is 4.37 Å². The van der Waals surface area contributed by atoms with Gasteiger partial charge in [-0.05, 0) is 30.0 Å². The van der Waals surface area contributed by atoms with Gasteiger partial charge in [-0.2, -0.15) is 4.37 Å². The molecular formula is C18H24N4O3S. The topological polar surface area (TPSA) is 76.6 Å². The Labute approximate surface area is 157 Å². The summed E-state index contributed by atoms with van der Waals surface area (Å²) >= 11 is 1.08. The molecule has 2 heterocycles. The first-order valence-electron chi connectivity index (χ1n) is 8.85. The second-order valence-corrected chi connectivity index (χ2v) is 6.79. The van der Waals surface area contributed by atoms with E-state index in [9.17, 15) is 4.79 Å². The van der Waals surface area contributed by atoms with Gasteiger partial charge in [0.05, 0.1) is 24.9 Å². The Balaban J connectivity index is 1.52. The first-order valence-corrected chi connectivity index (χ1v) is 9.58. The van der Waals surface area contributed by atoms with Gasteiger partial charge in [0, 0.05) is 18.8 Å². The van der Waals surface area contributed by atoms with Gasteiger partial charge in [0.25, 0.3) is 11.8 Å². The molecule has 1 fully saturated rings. The lowest BCUT2D eigenvalue weighted by molar-refractivity contribution is -0.118. The minimum absolute atomic E-state index is 0.101. The van der Waals surface area contributed by atoms with Crippen LogP contribution in [0.15, 0.2) is 24.3 Å². The largest absolute Gasteiger partial charge is 0.464 e. The molecule has 1 aromatic heterocycles. The SMILES string of the molecule is CCC(C)c1ccc(NC(=O)COc2nsnc2N2CCOCC2)cc1. The maximum atomic E-state index is 12.2. The average Bonchev–Trinajstić information content (AvgIpc) is 3.16.